The summed E-state index contributed by atoms with van der Waals surface area (Å²) in [4.78, 5) is 29.2. The van der Waals surface area contributed by atoms with Gasteiger partial charge in [0.25, 0.3) is 11.5 Å². The highest BCUT2D eigenvalue weighted by Crippen LogP contribution is 2.35. The van der Waals surface area contributed by atoms with Crippen LogP contribution in [0.15, 0.2) is 59.5 Å². The quantitative estimate of drug-likeness (QED) is 0.455. The summed E-state index contributed by atoms with van der Waals surface area (Å²) in [6, 6.07) is 14.4. The van der Waals surface area contributed by atoms with Crippen molar-refractivity contribution in [1.82, 2.24) is 18.9 Å². The first-order chi connectivity index (χ1) is 19.3. The van der Waals surface area contributed by atoms with Crippen LogP contribution in [0.2, 0.25) is 0 Å². The lowest BCUT2D eigenvalue weighted by atomic mass is 9.85. The molecule has 0 bridgehead atoms. The van der Waals surface area contributed by atoms with Crippen LogP contribution in [0.1, 0.15) is 66.7 Å². The second-order valence-electron chi connectivity index (χ2n) is 10.7. The highest BCUT2D eigenvalue weighted by molar-refractivity contribution is 5.93. The molecule has 0 radical (unpaired) electrons. The normalized spacial score (nSPS) is 18.5. The van der Waals surface area contributed by atoms with Crippen LogP contribution < -0.4 is 16.2 Å². The molecular weight excluding hydrogens is 500 g/mol. The summed E-state index contributed by atoms with van der Waals surface area (Å²) in [7, 11) is 7.49. The van der Waals surface area contributed by atoms with Crippen molar-refractivity contribution < 1.29 is 4.79 Å². The summed E-state index contributed by atoms with van der Waals surface area (Å²) >= 11 is 0. The van der Waals surface area contributed by atoms with Gasteiger partial charge in [0.05, 0.1) is 5.70 Å². The fourth-order valence-electron chi connectivity index (χ4n) is 5.76. The third-order valence-electron chi connectivity index (χ3n) is 8.06. The van der Waals surface area contributed by atoms with Crippen molar-refractivity contribution in [2.24, 2.45) is 7.05 Å². The van der Waals surface area contributed by atoms with E-state index in [0.717, 1.165) is 54.3 Å². The molecule has 8 heteroatoms. The molecule has 2 atom stereocenters. The second kappa shape index (κ2) is 12.6. The summed E-state index contributed by atoms with van der Waals surface area (Å²) in [5, 5.41) is 6.54. The van der Waals surface area contributed by atoms with Crippen LogP contribution >= 0.6 is 0 Å². The molecule has 0 spiro atoms. The van der Waals surface area contributed by atoms with Crippen molar-refractivity contribution in [3.8, 4) is 0 Å². The molecule has 214 valence electrons. The van der Waals surface area contributed by atoms with Gasteiger partial charge < -0.3 is 20.1 Å². The third-order valence-corrected chi connectivity index (χ3v) is 8.06. The third kappa shape index (κ3) is 5.87. The second-order valence-corrected chi connectivity index (χ2v) is 10.7. The average molecular weight is 545 g/mol. The number of anilines is 2. The van der Waals surface area contributed by atoms with Gasteiger partial charge >= 0.3 is 0 Å². The van der Waals surface area contributed by atoms with Crippen LogP contribution in [0.25, 0.3) is 5.70 Å². The molecule has 2 aromatic heterocycles. The molecule has 1 fully saturated rings. The summed E-state index contributed by atoms with van der Waals surface area (Å²) < 4.78 is 3.96. The minimum atomic E-state index is -0.0452. The van der Waals surface area contributed by atoms with Crippen molar-refractivity contribution in [2.75, 3.05) is 44.9 Å². The molecule has 0 aliphatic carbocycles. The fraction of sp³-hybridized carbons (Fsp3) is 0.438. The largest absolute Gasteiger partial charge is 0.388 e. The van der Waals surface area contributed by atoms with Crippen molar-refractivity contribution in [3.05, 3.63) is 87.5 Å². The van der Waals surface area contributed by atoms with Crippen LogP contribution in [-0.2, 0) is 13.6 Å². The molecule has 5 rings (SSSR count). The van der Waals surface area contributed by atoms with Crippen LogP contribution in [-0.4, -0.2) is 65.1 Å². The number of carbonyl (C=O) groups excluding carboxylic acids is 1. The zero-order valence-electron chi connectivity index (χ0n) is 25.0. The van der Waals surface area contributed by atoms with E-state index in [1.807, 2.05) is 45.3 Å². The Morgan fingerprint density at radius 1 is 1.12 bits per heavy atom. The summed E-state index contributed by atoms with van der Waals surface area (Å²) in [6.07, 6.45) is 6.10. The summed E-state index contributed by atoms with van der Waals surface area (Å²) in [5.41, 5.74) is 6.03. The Morgan fingerprint density at radius 3 is 2.48 bits per heavy atom. The van der Waals surface area contributed by atoms with Gasteiger partial charge in [-0.3, -0.25) is 19.1 Å². The molecule has 8 nitrogen and oxygen atoms in total. The number of likely N-dealkylation sites (tertiary alicyclic amines) is 1. The van der Waals surface area contributed by atoms with E-state index in [2.05, 4.69) is 58.3 Å². The Labute approximate surface area is 238 Å². The Bertz CT molecular complexity index is 1420. The van der Waals surface area contributed by atoms with Crippen LogP contribution in [0.4, 0.5) is 11.5 Å². The number of hydrogen-bond donors (Lipinski definition) is 2. The maximum absolute atomic E-state index is 12.8. The summed E-state index contributed by atoms with van der Waals surface area (Å²) in [6.45, 7) is 8.86. The van der Waals surface area contributed by atoms with E-state index < -0.39 is 0 Å². The first-order valence-electron chi connectivity index (χ1n) is 14.4. The number of amides is 1. The molecule has 1 unspecified atom stereocenters. The average Bonchev–Trinajstić information content (AvgIpc) is 3.29. The van der Waals surface area contributed by atoms with E-state index >= 15 is 0 Å². The van der Waals surface area contributed by atoms with Gasteiger partial charge in [-0.15, -0.1) is 0 Å². The smallest absolute Gasteiger partial charge is 0.257 e. The minimum Gasteiger partial charge on any atom is -0.388 e. The number of hydrogen-bond acceptors (Lipinski definition) is 5. The van der Waals surface area contributed by atoms with E-state index in [4.69, 9.17) is 0 Å². The van der Waals surface area contributed by atoms with Crippen LogP contribution in [0.5, 0.6) is 0 Å². The Morgan fingerprint density at radius 2 is 1.85 bits per heavy atom. The number of fused-ring (bicyclic) bond motifs is 1. The lowest BCUT2D eigenvalue weighted by molar-refractivity contribution is 0.0827. The lowest BCUT2D eigenvalue weighted by Gasteiger charge is -2.38. The topological polar surface area (TPSA) is 74.5 Å². The van der Waals surface area contributed by atoms with Crippen LogP contribution in [0, 0.1) is 0 Å². The van der Waals surface area contributed by atoms with Gasteiger partial charge in [-0.1, -0.05) is 26.0 Å². The monoisotopic (exact) mass is 544 g/mol. The van der Waals surface area contributed by atoms with Gasteiger partial charge in [0, 0.05) is 82.1 Å². The van der Waals surface area contributed by atoms with E-state index in [1.54, 1.807) is 29.6 Å². The Kier molecular flexibility index (Phi) is 9.20. The number of piperidine rings is 1. The van der Waals surface area contributed by atoms with Gasteiger partial charge in [0.15, 0.2) is 0 Å². The molecule has 40 heavy (non-hydrogen) atoms. The number of aromatic nitrogens is 2. The number of rotatable bonds is 6. The van der Waals surface area contributed by atoms with Gasteiger partial charge in [-0.05, 0) is 68.1 Å². The molecule has 2 N–H and O–H groups in total. The van der Waals surface area contributed by atoms with E-state index in [-0.39, 0.29) is 11.5 Å². The van der Waals surface area contributed by atoms with Crippen molar-refractivity contribution in [1.29, 1.82) is 0 Å². The van der Waals surface area contributed by atoms with Gasteiger partial charge in [0.1, 0.15) is 5.82 Å². The molecule has 2 aliphatic heterocycles. The molecule has 0 saturated carbocycles. The molecule has 2 aliphatic rings. The minimum absolute atomic E-state index is 0.0392. The summed E-state index contributed by atoms with van der Waals surface area (Å²) in [5.74, 6) is 1.59. The molecule has 1 aromatic carbocycles. The Hall–Kier alpha value is -3.78. The zero-order chi connectivity index (χ0) is 29.0. The maximum Gasteiger partial charge on any atom is 0.257 e. The number of benzene rings is 1. The fourth-order valence-corrected chi connectivity index (χ4v) is 5.76. The predicted molar refractivity (Wildman–Crippen MR) is 165 cm³/mol. The van der Waals surface area contributed by atoms with E-state index in [9.17, 15) is 9.59 Å². The molecular formula is C32H44N6O2. The standard InChI is InChI=1S/C30H38N6O2.C2H6/c1-20-16-23(21-6-8-22(9-7-21)30(38)33(3)4)11-14-35(20)19-25-18-26-27(10-13-32-29(26)34(25)5)36-15-12-24(31-2)17-28(36)37;1-2/h6-10,12,15,17-18,20,23,31-32H,11,13-14,16,19H2,1-5H3;1-2H3/t20?,23-;/m0./s1. The van der Waals surface area contributed by atoms with Crippen LogP contribution in [0.3, 0.4) is 0 Å². The number of pyridine rings is 1. The highest BCUT2D eigenvalue weighted by Gasteiger charge is 2.28. The first kappa shape index (κ1) is 29.2. The first-order valence-corrected chi connectivity index (χ1v) is 14.4. The number of nitrogens with zero attached hydrogens (tertiary/aromatic N) is 4. The van der Waals surface area contributed by atoms with Gasteiger partial charge in [-0.2, -0.15) is 0 Å². The molecule has 1 amide bonds. The van der Waals surface area contributed by atoms with Gasteiger partial charge in [-0.25, -0.2) is 0 Å². The number of carbonyl (C=O) groups is 1. The maximum atomic E-state index is 12.8. The van der Waals surface area contributed by atoms with E-state index in [1.165, 1.54) is 11.3 Å². The molecule has 1 saturated heterocycles. The van der Waals surface area contributed by atoms with Crippen molar-refractivity contribution in [2.45, 2.75) is 52.1 Å². The highest BCUT2D eigenvalue weighted by atomic mass is 16.2. The van der Waals surface area contributed by atoms with Crippen molar-refractivity contribution in [3.63, 3.8) is 0 Å². The zero-order valence-corrected chi connectivity index (χ0v) is 25.0. The predicted octanol–water partition coefficient (Wildman–Crippen LogP) is 5.04. The molecule has 4 heterocycles. The Balaban J connectivity index is 0.00000181. The number of nitrogens with one attached hydrogen (secondary N) is 2. The van der Waals surface area contributed by atoms with Gasteiger partial charge in [0.2, 0.25) is 0 Å². The molecule has 3 aromatic rings. The SMILES string of the molecule is CC.CNc1ccn(C2=CCNc3c2cc(CN2CC[C@H](c4ccc(C(=O)N(C)C)cc4)CC2C)n3C)c(=O)c1. The lowest BCUT2D eigenvalue weighted by Crippen LogP contribution is -2.40. The van der Waals surface area contributed by atoms with E-state index in [0.29, 0.717) is 18.5 Å². The van der Waals surface area contributed by atoms with Crippen molar-refractivity contribution >= 4 is 23.1 Å².